The summed E-state index contributed by atoms with van der Waals surface area (Å²) in [5.41, 5.74) is -0.0505. The minimum Gasteiger partial charge on any atom is -0.376 e. The summed E-state index contributed by atoms with van der Waals surface area (Å²) in [5, 5.41) is 3.00. The van der Waals surface area contributed by atoms with Gasteiger partial charge in [-0.2, -0.15) is 13.2 Å². The van der Waals surface area contributed by atoms with Crippen molar-refractivity contribution in [2.45, 2.75) is 39.1 Å². The van der Waals surface area contributed by atoms with Crippen molar-refractivity contribution >= 4 is 0 Å². The van der Waals surface area contributed by atoms with E-state index in [2.05, 4.69) is 5.32 Å². The van der Waals surface area contributed by atoms with Gasteiger partial charge in [-0.3, -0.25) is 0 Å². The summed E-state index contributed by atoms with van der Waals surface area (Å²) in [6.07, 6.45) is -4.25. The molecular formula is C15H22F3NO. The van der Waals surface area contributed by atoms with E-state index in [1.165, 1.54) is 12.1 Å². The monoisotopic (exact) mass is 289 g/mol. The fraction of sp³-hybridized carbons (Fsp3) is 0.600. The Kier molecular flexibility index (Phi) is 6.02. The Balaban J connectivity index is 2.80. The van der Waals surface area contributed by atoms with Gasteiger partial charge < -0.3 is 10.1 Å². The van der Waals surface area contributed by atoms with Crippen molar-refractivity contribution in [1.82, 2.24) is 5.32 Å². The lowest BCUT2D eigenvalue weighted by molar-refractivity contribution is -0.137. The number of alkyl halides is 3. The first-order valence-electron chi connectivity index (χ1n) is 6.71. The molecule has 0 spiro atoms. The maximum atomic E-state index is 12.7. The van der Waals surface area contributed by atoms with Crippen LogP contribution in [-0.4, -0.2) is 19.8 Å². The van der Waals surface area contributed by atoms with Gasteiger partial charge >= 0.3 is 6.18 Å². The molecule has 20 heavy (non-hydrogen) atoms. The molecule has 114 valence electrons. The largest absolute Gasteiger partial charge is 0.416 e. The van der Waals surface area contributed by atoms with Crippen LogP contribution in [0, 0.1) is 5.92 Å². The van der Waals surface area contributed by atoms with Gasteiger partial charge in [0.1, 0.15) is 0 Å². The molecule has 0 bridgehead atoms. The first-order chi connectivity index (χ1) is 9.25. The fourth-order valence-corrected chi connectivity index (χ4v) is 1.72. The summed E-state index contributed by atoms with van der Waals surface area (Å²) in [6.45, 7) is 6.40. The second kappa shape index (κ2) is 7.09. The minimum atomic E-state index is -4.32. The molecule has 1 aromatic rings. The molecule has 0 heterocycles. The molecule has 0 radical (unpaired) electrons. The van der Waals surface area contributed by atoms with Crippen molar-refractivity contribution in [3.63, 3.8) is 0 Å². The Morgan fingerprint density at radius 3 is 2.35 bits per heavy atom. The Bertz CT molecular complexity index is 418. The highest BCUT2D eigenvalue weighted by Crippen LogP contribution is 2.30. The fourth-order valence-electron chi connectivity index (χ4n) is 1.72. The van der Waals surface area contributed by atoms with Crippen LogP contribution in [0.5, 0.6) is 0 Å². The number of likely N-dealkylation sites (N-methyl/N-ethyl adjacent to an activating group) is 1. The topological polar surface area (TPSA) is 21.3 Å². The molecule has 2 unspecified atom stereocenters. The van der Waals surface area contributed by atoms with Gasteiger partial charge in [-0.05, 0) is 37.6 Å². The van der Waals surface area contributed by atoms with Crippen LogP contribution in [0.1, 0.15) is 37.9 Å². The Labute approximate surface area is 118 Å². The summed E-state index contributed by atoms with van der Waals surface area (Å²) in [5.74, 6) is 0.369. The lowest BCUT2D eigenvalue weighted by Crippen LogP contribution is -2.26. The maximum Gasteiger partial charge on any atom is 0.416 e. The van der Waals surface area contributed by atoms with Gasteiger partial charge in [0.05, 0.1) is 24.3 Å². The third kappa shape index (κ3) is 4.80. The predicted molar refractivity (Wildman–Crippen MR) is 73.5 cm³/mol. The Hall–Kier alpha value is -1.07. The highest BCUT2D eigenvalue weighted by atomic mass is 19.4. The Morgan fingerprint density at radius 2 is 1.85 bits per heavy atom. The van der Waals surface area contributed by atoms with E-state index >= 15 is 0 Å². The van der Waals surface area contributed by atoms with Crippen LogP contribution in [0.15, 0.2) is 24.3 Å². The zero-order valence-corrected chi connectivity index (χ0v) is 12.3. The van der Waals surface area contributed by atoms with Gasteiger partial charge in [0.2, 0.25) is 0 Å². The van der Waals surface area contributed by atoms with Crippen molar-refractivity contribution in [1.29, 1.82) is 0 Å². The summed E-state index contributed by atoms with van der Waals surface area (Å²) in [4.78, 5) is 0. The van der Waals surface area contributed by atoms with Crippen LogP contribution in [0.2, 0.25) is 0 Å². The van der Waals surface area contributed by atoms with E-state index < -0.39 is 11.7 Å². The highest BCUT2D eigenvalue weighted by Gasteiger charge is 2.30. The first-order valence-corrected chi connectivity index (χ1v) is 6.71. The normalized spacial score (nSPS) is 15.4. The average Bonchev–Trinajstić information content (AvgIpc) is 2.38. The summed E-state index contributed by atoms with van der Waals surface area (Å²) in [7, 11) is 1.72. The molecule has 0 aromatic heterocycles. The third-order valence-corrected chi connectivity index (χ3v) is 3.43. The quantitative estimate of drug-likeness (QED) is 0.854. The number of nitrogens with one attached hydrogen (secondary N) is 1. The van der Waals surface area contributed by atoms with Crippen LogP contribution in [0.25, 0.3) is 0 Å². The van der Waals surface area contributed by atoms with Gasteiger partial charge in [0.25, 0.3) is 0 Å². The van der Waals surface area contributed by atoms with Crippen molar-refractivity contribution in [2.75, 3.05) is 13.7 Å². The maximum absolute atomic E-state index is 12.7. The van der Waals surface area contributed by atoms with E-state index in [0.717, 1.165) is 6.07 Å². The van der Waals surface area contributed by atoms with Crippen LogP contribution < -0.4 is 5.32 Å². The van der Waals surface area contributed by atoms with Gasteiger partial charge in [-0.15, -0.1) is 0 Å². The molecule has 0 aliphatic rings. The number of ether oxygens (including phenoxy) is 1. The zero-order chi connectivity index (χ0) is 15.3. The molecule has 0 aliphatic heterocycles. The number of hydrogen-bond donors (Lipinski definition) is 1. The smallest absolute Gasteiger partial charge is 0.376 e. The van der Waals surface area contributed by atoms with Crippen LogP contribution in [-0.2, 0) is 10.9 Å². The van der Waals surface area contributed by atoms with Gasteiger partial charge in [-0.25, -0.2) is 0 Å². The molecule has 1 rings (SSSR count). The molecule has 2 nitrogen and oxygen atoms in total. The molecule has 0 aliphatic carbocycles. The van der Waals surface area contributed by atoms with E-state index in [0.29, 0.717) is 18.1 Å². The van der Waals surface area contributed by atoms with E-state index in [-0.39, 0.29) is 12.1 Å². The minimum absolute atomic E-state index is 0.0663. The Morgan fingerprint density at radius 1 is 1.20 bits per heavy atom. The van der Waals surface area contributed by atoms with Crippen LogP contribution in [0.4, 0.5) is 13.2 Å². The molecule has 1 aromatic carbocycles. The molecule has 5 heteroatoms. The number of benzene rings is 1. The number of rotatable bonds is 6. The molecule has 0 saturated heterocycles. The van der Waals surface area contributed by atoms with Gasteiger partial charge in [0.15, 0.2) is 0 Å². The van der Waals surface area contributed by atoms with Crippen molar-refractivity contribution < 1.29 is 17.9 Å². The molecule has 2 atom stereocenters. The summed E-state index contributed by atoms with van der Waals surface area (Å²) >= 11 is 0. The van der Waals surface area contributed by atoms with Crippen molar-refractivity contribution in [3.8, 4) is 0 Å². The first kappa shape index (κ1) is 17.0. The standard InChI is InChI=1S/C15H22F3NO/c1-10(2)11(3)20-9-14(19-4)12-6-5-7-13(8-12)15(16,17)18/h5-8,10-11,14,19H,9H2,1-4H3. The van der Waals surface area contributed by atoms with Crippen molar-refractivity contribution in [2.24, 2.45) is 5.92 Å². The number of hydrogen-bond acceptors (Lipinski definition) is 2. The summed E-state index contributed by atoms with van der Waals surface area (Å²) < 4.78 is 43.8. The van der Waals surface area contributed by atoms with E-state index in [1.807, 2.05) is 20.8 Å². The molecule has 0 fully saturated rings. The third-order valence-electron chi connectivity index (χ3n) is 3.43. The van der Waals surface area contributed by atoms with Crippen LogP contribution >= 0.6 is 0 Å². The SMILES string of the molecule is CNC(COC(C)C(C)C)c1cccc(C(F)(F)F)c1. The van der Waals surface area contributed by atoms with E-state index in [1.54, 1.807) is 13.1 Å². The van der Waals surface area contributed by atoms with E-state index in [4.69, 9.17) is 4.74 Å². The number of halogens is 3. The highest BCUT2D eigenvalue weighted by molar-refractivity contribution is 5.28. The zero-order valence-electron chi connectivity index (χ0n) is 12.3. The average molecular weight is 289 g/mol. The lowest BCUT2D eigenvalue weighted by atomic mass is 10.0. The van der Waals surface area contributed by atoms with Crippen molar-refractivity contribution in [3.05, 3.63) is 35.4 Å². The molecule has 1 N–H and O–H groups in total. The summed E-state index contributed by atoms with van der Waals surface area (Å²) in [6, 6.07) is 5.10. The second-order valence-electron chi connectivity index (χ2n) is 5.25. The van der Waals surface area contributed by atoms with Crippen LogP contribution in [0.3, 0.4) is 0 Å². The second-order valence-corrected chi connectivity index (χ2v) is 5.25. The molecular weight excluding hydrogens is 267 g/mol. The van der Waals surface area contributed by atoms with Gasteiger partial charge in [-0.1, -0.05) is 26.0 Å². The predicted octanol–water partition coefficient (Wildman–Crippen LogP) is 4.03. The molecule has 0 saturated carbocycles. The van der Waals surface area contributed by atoms with E-state index in [9.17, 15) is 13.2 Å². The lowest BCUT2D eigenvalue weighted by Gasteiger charge is -2.22. The van der Waals surface area contributed by atoms with Gasteiger partial charge in [0, 0.05) is 0 Å². The molecule has 0 amide bonds.